The van der Waals surface area contributed by atoms with E-state index in [4.69, 9.17) is 0 Å². The number of H-pyrrole nitrogens is 1. The summed E-state index contributed by atoms with van der Waals surface area (Å²) in [6.45, 7) is 1.67. The Morgan fingerprint density at radius 1 is 1.53 bits per heavy atom. The molecular formula is C10H10BN3O3. The normalized spacial score (nSPS) is 10.4. The van der Waals surface area contributed by atoms with Gasteiger partial charge in [-0.3, -0.25) is 0 Å². The molecule has 0 aliphatic carbocycles. The van der Waals surface area contributed by atoms with Crippen LogP contribution in [-0.2, 0) is 11.1 Å². The Morgan fingerprint density at radius 3 is 2.94 bits per heavy atom. The number of fused-ring (bicyclic) bond motifs is 1. The number of aryl methyl sites for hydroxylation is 2. The van der Waals surface area contributed by atoms with Crippen molar-refractivity contribution >= 4 is 23.9 Å². The maximum absolute atomic E-state index is 10.8. The molecule has 1 heterocycles. The van der Waals surface area contributed by atoms with Crippen LogP contribution in [0.1, 0.15) is 11.4 Å². The first kappa shape index (κ1) is 11.4. The standard InChI is InChI=1S/C10H10BN3O3/c1-6-8(14(16)17)3-2-7-10(6)13-9(12-7)4-5-11-15/h2-3H,4-5H2,1H3,(H,12,13). The van der Waals surface area contributed by atoms with Crippen LogP contribution in [0.2, 0.25) is 6.32 Å². The van der Waals surface area contributed by atoms with Crippen molar-refractivity contribution < 1.29 is 9.63 Å². The predicted octanol–water partition coefficient (Wildman–Crippen LogP) is 1.79. The van der Waals surface area contributed by atoms with Gasteiger partial charge in [0.25, 0.3) is 0 Å². The molecule has 2 aromatic rings. The second kappa shape index (κ2) is 4.44. The zero-order chi connectivity index (χ0) is 12.4. The van der Waals surface area contributed by atoms with Crippen molar-refractivity contribution in [3.05, 3.63) is 33.6 Å². The van der Waals surface area contributed by atoms with Crippen LogP contribution < -0.4 is 0 Å². The fourth-order valence-electron chi connectivity index (χ4n) is 1.76. The number of nitrogens with zero attached hydrogens (tertiary/aromatic N) is 2. The van der Waals surface area contributed by atoms with Crippen molar-refractivity contribution in [3.8, 4) is 0 Å². The van der Waals surface area contributed by atoms with Gasteiger partial charge >= 0.3 is 96.8 Å². The molecule has 0 unspecified atom stereocenters. The number of benzene rings is 1. The molecule has 6 nitrogen and oxygen atoms in total. The fraction of sp³-hybridized carbons (Fsp3) is 0.300. The molecule has 0 aliphatic rings. The van der Waals surface area contributed by atoms with Gasteiger partial charge in [0.1, 0.15) is 0 Å². The molecule has 0 aliphatic heterocycles. The Balaban J connectivity index is 2.50. The first-order valence-corrected chi connectivity index (χ1v) is 5.19. The van der Waals surface area contributed by atoms with Crippen LogP contribution in [0.3, 0.4) is 0 Å². The molecule has 0 bridgehead atoms. The zero-order valence-electron chi connectivity index (χ0n) is 9.27. The monoisotopic (exact) mass is 231 g/mol. The molecule has 1 aromatic heterocycles. The van der Waals surface area contributed by atoms with Crippen LogP contribution >= 0.6 is 0 Å². The van der Waals surface area contributed by atoms with Crippen molar-refractivity contribution in [2.75, 3.05) is 0 Å². The fourth-order valence-corrected chi connectivity index (χ4v) is 1.76. The number of nitrogens with one attached hydrogen (secondary N) is 1. The van der Waals surface area contributed by atoms with E-state index in [9.17, 15) is 14.8 Å². The molecule has 0 fully saturated rings. The van der Waals surface area contributed by atoms with E-state index in [2.05, 4.69) is 9.97 Å². The third-order valence-corrected chi connectivity index (χ3v) is 2.62. The topological polar surface area (TPSA) is 88.9 Å². The number of aromatic amines is 1. The van der Waals surface area contributed by atoms with Crippen molar-refractivity contribution in [2.24, 2.45) is 0 Å². The van der Waals surface area contributed by atoms with Crippen LogP contribution in [0.25, 0.3) is 11.0 Å². The molecule has 17 heavy (non-hydrogen) atoms. The van der Waals surface area contributed by atoms with E-state index in [1.807, 2.05) is 0 Å². The molecule has 0 amide bonds. The van der Waals surface area contributed by atoms with Crippen LogP contribution in [0.4, 0.5) is 5.69 Å². The summed E-state index contributed by atoms with van der Waals surface area (Å²) in [5, 5.41) is 10.8. The number of rotatable bonds is 4. The molecule has 2 rings (SSSR count). The number of aromatic nitrogens is 2. The van der Waals surface area contributed by atoms with Gasteiger partial charge in [0, 0.05) is 0 Å². The van der Waals surface area contributed by atoms with E-state index in [1.54, 1.807) is 13.0 Å². The van der Waals surface area contributed by atoms with Crippen LogP contribution in [0.15, 0.2) is 12.1 Å². The SMILES string of the molecule is Cc1c([N+](=O)[O-])ccc2[nH]c(CCB=O)nc12. The molecule has 1 aromatic carbocycles. The molecule has 7 heteroatoms. The summed E-state index contributed by atoms with van der Waals surface area (Å²) >= 11 is 0. The van der Waals surface area contributed by atoms with Crippen molar-refractivity contribution in [1.82, 2.24) is 9.97 Å². The van der Waals surface area contributed by atoms with E-state index >= 15 is 0 Å². The molecule has 1 N–H and O–H groups in total. The van der Waals surface area contributed by atoms with E-state index in [1.165, 1.54) is 6.07 Å². The van der Waals surface area contributed by atoms with Gasteiger partial charge in [-0.15, -0.1) is 0 Å². The summed E-state index contributed by atoms with van der Waals surface area (Å²) in [5.74, 6) is 0.677. The number of hydrogen-bond acceptors (Lipinski definition) is 4. The Labute approximate surface area is 97.5 Å². The Kier molecular flexibility index (Phi) is 2.99. The summed E-state index contributed by atoms with van der Waals surface area (Å²) in [6, 6.07) is 3.09. The van der Waals surface area contributed by atoms with Crippen LogP contribution in [0, 0.1) is 17.0 Å². The van der Waals surface area contributed by atoms with Gasteiger partial charge in [0.2, 0.25) is 0 Å². The minimum absolute atomic E-state index is 0.0611. The van der Waals surface area contributed by atoms with E-state index < -0.39 is 4.92 Å². The van der Waals surface area contributed by atoms with Crippen LogP contribution in [-0.4, -0.2) is 22.0 Å². The Hall–Kier alpha value is -2.05. The summed E-state index contributed by atoms with van der Waals surface area (Å²) in [4.78, 5) is 17.7. The molecule has 0 spiro atoms. The van der Waals surface area contributed by atoms with E-state index in [0.717, 1.165) is 12.7 Å². The predicted molar refractivity (Wildman–Crippen MR) is 62.4 cm³/mol. The van der Waals surface area contributed by atoms with Gasteiger partial charge in [-0.2, -0.15) is 0 Å². The van der Waals surface area contributed by atoms with Gasteiger partial charge in [-0.1, -0.05) is 0 Å². The summed E-state index contributed by atoms with van der Waals surface area (Å²) in [5.41, 5.74) is 1.96. The third-order valence-electron chi connectivity index (χ3n) is 2.62. The van der Waals surface area contributed by atoms with Crippen molar-refractivity contribution in [3.63, 3.8) is 0 Å². The molecule has 0 radical (unpaired) electrons. The Bertz CT molecular complexity index is 594. The van der Waals surface area contributed by atoms with Gasteiger partial charge in [-0.25, -0.2) is 0 Å². The molecule has 0 atom stereocenters. The van der Waals surface area contributed by atoms with Crippen LogP contribution in [0.5, 0.6) is 0 Å². The average Bonchev–Trinajstić information content (AvgIpc) is 2.70. The first-order valence-electron chi connectivity index (χ1n) is 5.19. The van der Waals surface area contributed by atoms with Gasteiger partial charge in [-0.05, 0) is 0 Å². The molecule has 0 saturated heterocycles. The van der Waals surface area contributed by atoms with E-state index in [0.29, 0.717) is 29.6 Å². The second-order valence-electron chi connectivity index (χ2n) is 3.75. The molecule has 86 valence electrons. The van der Waals surface area contributed by atoms with E-state index in [-0.39, 0.29) is 5.69 Å². The second-order valence-corrected chi connectivity index (χ2v) is 3.75. The van der Waals surface area contributed by atoms with Gasteiger partial charge < -0.3 is 0 Å². The first-order chi connectivity index (χ1) is 8.13. The quantitative estimate of drug-likeness (QED) is 0.493. The Morgan fingerprint density at radius 2 is 2.29 bits per heavy atom. The summed E-state index contributed by atoms with van der Waals surface area (Å²) in [7, 11) is 0.822. The summed E-state index contributed by atoms with van der Waals surface area (Å²) < 4.78 is 10.3. The molecular weight excluding hydrogens is 221 g/mol. The van der Waals surface area contributed by atoms with Gasteiger partial charge in [0.15, 0.2) is 0 Å². The van der Waals surface area contributed by atoms with Gasteiger partial charge in [0.05, 0.1) is 0 Å². The number of nitro benzene ring substituents is 1. The number of imidazole rings is 1. The number of nitro groups is 1. The minimum atomic E-state index is -0.422. The molecule has 0 saturated carbocycles. The zero-order valence-corrected chi connectivity index (χ0v) is 9.27. The average molecular weight is 231 g/mol. The number of hydrogen-bond donors (Lipinski definition) is 1. The summed E-state index contributed by atoms with van der Waals surface area (Å²) in [6.07, 6.45) is 0.909. The third kappa shape index (κ3) is 2.08. The van der Waals surface area contributed by atoms with Crippen molar-refractivity contribution in [2.45, 2.75) is 19.7 Å². The maximum atomic E-state index is 10.8. The van der Waals surface area contributed by atoms with Crippen molar-refractivity contribution in [1.29, 1.82) is 0 Å².